The molecule has 1 aliphatic carbocycles. The lowest BCUT2D eigenvalue weighted by Gasteiger charge is -2.26. The third kappa shape index (κ3) is 5.27. The van der Waals surface area contributed by atoms with Gasteiger partial charge in [0.1, 0.15) is 5.92 Å². The van der Waals surface area contributed by atoms with Crippen molar-refractivity contribution in [2.24, 2.45) is 11.8 Å². The lowest BCUT2D eigenvalue weighted by Crippen LogP contribution is -2.45. The normalized spacial score (nSPS) is 19.4. The van der Waals surface area contributed by atoms with Crippen LogP contribution >= 0.6 is 0 Å². The number of carbonyl (C=O) groups is 1. The molecule has 0 bridgehead atoms. The van der Waals surface area contributed by atoms with E-state index < -0.39 is 52.4 Å². The Balaban J connectivity index is 2.67. The van der Waals surface area contributed by atoms with E-state index in [-0.39, 0.29) is 0 Å². The van der Waals surface area contributed by atoms with Crippen molar-refractivity contribution in [1.82, 2.24) is 0 Å². The highest BCUT2D eigenvalue weighted by Gasteiger charge is 2.62. The Hall–Kier alpha value is -0.970. The molecule has 1 fully saturated rings. The molecule has 0 spiro atoms. The molecule has 0 radical (unpaired) electrons. The van der Waals surface area contributed by atoms with Crippen LogP contribution in [0.15, 0.2) is 0 Å². The predicted molar refractivity (Wildman–Crippen MR) is 68.2 cm³/mol. The van der Waals surface area contributed by atoms with E-state index in [9.17, 15) is 35.2 Å². The van der Waals surface area contributed by atoms with Gasteiger partial charge in [0.15, 0.2) is 0 Å². The second-order valence-electron chi connectivity index (χ2n) is 5.42. The van der Waals surface area contributed by atoms with Gasteiger partial charge < -0.3 is 4.74 Å². The van der Waals surface area contributed by atoms with E-state index in [1.165, 1.54) is 0 Å². The first-order valence-electron chi connectivity index (χ1n) is 6.95. The summed E-state index contributed by atoms with van der Waals surface area (Å²) in [5, 5.41) is -5.41. The molecule has 0 saturated heterocycles. The molecule has 11 heteroatoms. The Morgan fingerprint density at radius 3 is 2.09 bits per heavy atom. The summed E-state index contributed by atoms with van der Waals surface area (Å²) in [6, 6.07) is 0. The first-order chi connectivity index (χ1) is 10.4. The third-order valence-corrected chi connectivity index (χ3v) is 4.71. The van der Waals surface area contributed by atoms with E-state index in [2.05, 4.69) is 4.74 Å². The van der Waals surface area contributed by atoms with Crippen LogP contribution in [0, 0.1) is 11.8 Å². The quantitative estimate of drug-likeness (QED) is 0.443. The van der Waals surface area contributed by atoms with Gasteiger partial charge in [-0.1, -0.05) is 19.3 Å². The van der Waals surface area contributed by atoms with Crippen molar-refractivity contribution in [3.8, 4) is 0 Å². The topological polar surface area (TPSA) is 80.7 Å². The van der Waals surface area contributed by atoms with E-state index in [0.29, 0.717) is 12.8 Å². The van der Waals surface area contributed by atoms with Gasteiger partial charge in [-0.15, -0.1) is 0 Å². The molecule has 5 nitrogen and oxygen atoms in total. The highest BCUT2D eigenvalue weighted by Crippen LogP contribution is 2.43. The third-order valence-electron chi connectivity index (χ3n) is 3.73. The lowest BCUT2D eigenvalue weighted by atomic mass is 9.89. The number of halogens is 5. The van der Waals surface area contributed by atoms with E-state index in [4.69, 9.17) is 4.55 Å². The van der Waals surface area contributed by atoms with Crippen LogP contribution in [0.2, 0.25) is 0 Å². The van der Waals surface area contributed by atoms with Gasteiger partial charge in [-0.05, 0) is 12.8 Å². The standard InChI is InChI=1S/C12H17F5O5S/c13-11(14,15)9(12(16,17)23(19,20)21)6-7-22-10(18)8-4-2-1-3-5-8/h8-9H,1-7H2,(H,19,20,21). The molecule has 1 saturated carbocycles. The van der Waals surface area contributed by atoms with Crippen LogP contribution < -0.4 is 0 Å². The fraction of sp³-hybridized carbons (Fsp3) is 0.917. The van der Waals surface area contributed by atoms with Crippen LogP contribution in [0.3, 0.4) is 0 Å². The number of hydrogen-bond donors (Lipinski definition) is 1. The Morgan fingerprint density at radius 2 is 1.65 bits per heavy atom. The Kier molecular flexibility index (Phi) is 6.36. The van der Waals surface area contributed by atoms with Gasteiger partial charge in [-0.25, -0.2) is 0 Å². The van der Waals surface area contributed by atoms with Crippen molar-refractivity contribution in [2.75, 3.05) is 6.61 Å². The first-order valence-corrected chi connectivity index (χ1v) is 8.39. The Labute approximate surface area is 129 Å². The highest BCUT2D eigenvalue weighted by molar-refractivity contribution is 7.86. The maximum absolute atomic E-state index is 13.3. The molecule has 0 aliphatic heterocycles. The predicted octanol–water partition coefficient (Wildman–Crippen LogP) is 3.16. The highest BCUT2D eigenvalue weighted by atomic mass is 32.2. The van der Waals surface area contributed by atoms with Crippen molar-refractivity contribution in [3.63, 3.8) is 0 Å². The summed E-state index contributed by atoms with van der Waals surface area (Å²) in [5.74, 6) is -4.92. The van der Waals surface area contributed by atoms with Gasteiger partial charge in [0.25, 0.3) is 0 Å². The number of hydrogen-bond acceptors (Lipinski definition) is 4. The minimum Gasteiger partial charge on any atom is -0.465 e. The zero-order valence-electron chi connectivity index (χ0n) is 12.0. The van der Waals surface area contributed by atoms with Crippen molar-refractivity contribution in [3.05, 3.63) is 0 Å². The number of ether oxygens (including phenoxy) is 1. The molecule has 0 amide bonds. The average Bonchev–Trinajstić information content (AvgIpc) is 2.41. The molecule has 1 aliphatic rings. The summed E-state index contributed by atoms with van der Waals surface area (Å²) in [4.78, 5) is 11.6. The molecule has 0 aromatic heterocycles. The smallest absolute Gasteiger partial charge is 0.398 e. The van der Waals surface area contributed by atoms with Crippen molar-refractivity contribution in [1.29, 1.82) is 0 Å². The molecule has 1 N–H and O–H groups in total. The van der Waals surface area contributed by atoms with Crippen LogP contribution in [0.4, 0.5) is 22.0 Å². The second kappa shape index (κ2) is 7.29. The molecule has 1 rings (SSSR count). The maximum atomic E-state index is 13.3. The van der Waals surface area contributed by atoms with Crippen LogP contribution in [0.25, 0.3) is 0 Å². The molecular formula is C12H17F5O5S. The fourth-order valence-electron chi connectivity index (χ4n) is 2.44. The maximum Gasteiger partial charge on any atom is 0.398 e. The van der Waals surface area contributed by atoms with E-state index >= 15 is 0 Å². The van der Waals surface area contributed by atoms with E-state index in [1.54, 1.807) is 0 Å². The molecular weight excluding hydrogens is 351 g/mol. The second-order valence-corrected chi connectivity index (χ2v) is 6.92. The van der Waals surface area contributed by atoms with Crippen LogP contribution in [0.5, 0.6) is 0 Å². The molecule has 0 heterocycles. The van der Waals surface area contributed by atoms with Crippen LogP contribution in [0.1, 0.15) is 38.5 Å². The molecule has 1 atom stereocenters. The van der Waals surface area contributed by atoms with Gasteiger partial charge in [0.2, 0.25) is 0 Å². The van der Waals surface area contributed by atoms with Gasteiger partial charge in [-0.2, -0.15) is 30.4 Å². The fourth-order valence-corrected chi connectivity index (χ4v) is 3.05. The minimum absolute atomic E-state index is 0.477. The summed E-state index contributed by atoms with van der Waals surface area (Å²) < 4.78 is 98.3. The van der Waals surface area contributed by atoms with Gasteiger partial charge in [0, 0.05) is 6.42 Å². The zero-order valence-corrected chi connectivity index (χ0v) is 12.8. The van der Waals surface area contributed by atoms with E-state index in [0.717, 1.165) is 19.3 Å². The van der Waals surface area contributed by atoms with Crippen LogP contribution in [-0.2, 0) is 19.6 Å². The van der Waals surface area contributed by atoms with E-state index in [1.807, 2.05) is 0 Å². The molecule has 1 unspecified atom stereocenters. The summed E-state index contributed by atoms with van der Waals surface area (Å²) >= 11 is 0. The van der Waals surface area contributed by atoms with Crippen molar-refractivity contribution < 1.29 is 44.5 Å². The molecule has 136 valence electrons. The Bertz CT molecular complexity index is 510. The molecule has 0 aromatic rings. The van der Waals surface area contributed by atoms with Crippen LogP contribution in [-0.4, -0.2) is 37.0 Å². The molecule has 23 heavy (non-hydrogen) atoms. The SMILES string of the molecule is O=C(OCCC(C(F)(F)F)C(F)(F)S(=O)(=O)O)C1CCCCC1. The lowest BCUT2D eigenvalue weighted by molar-refractivity contribution is -0.223. The monoisotopic (exact) mass is 368 g/mol. The summed E-state index contributed by atoms with van der Waals surface area (Å²) in [7, 11) is -6.25. The first kappa shape index (κ1) is 20.1. The van der Waals surface area contributed by atoms with Gasteiger partial charge >= 0.3 is 27.5 Å². The average molecular weight is 368 g/mol. The summed E-state index contributed by atoms with van der Waals surface area (Å²) in [6.45, 7) is -1.01. The van der Waals surface area contributed by atoms with Gasteiger partial charge in [-0.3, -0.25) is 9.35 Å². The zero-order chi connectivity index (χ0) is 17.9. The molecule has 0 aromatic carbocycles. The van der Waals surface area contributed by atoms with Crippen molar-refractivity contribution >= 4 is 16.1 Å². The number of carbonyl (C=O) groups excluding carboxylic acids is 1. The largest absolute Gasteiger partial charge is 0.465 e. The number of esters is 1. The Morgan fingerprint density at radius 1 is 1.13 bits per heavy atom. The summed E-state index contributed by atoms with van der Waals surface area (Å²) in [6.07, 6.45) is -3.55. The number of rotatable bonds is 6. The summed E-state index contributed by atoms with van der Waals surface area (Å²) in [5.41, 5.74) is 0. The van der Waals surface area contributed by atoms with Crippen molar-refractivity contribution in [2.45, 2.75) is 50.0 Å². The van der Waals surface area contributed by atoms with Gasteiger partial charge in [0.05, 0.1) is 12.5 Å². The minimum atomic E-state index is -6.25. The number of alkyl halides is 5.